The second-order valence-corrected chi connectivity index (χ2v) is 4.92. The van der Waals surface area contributed by atoms with Gasteiger partial charge in [0.25, 0.3) is 5.91 Å². The van der Waals surface area contributed by atoms with Gasteiger partial charge in [-0.05, 0) is 43.4 Å². The average Bonchev–Trinajstić information content (AvgIpc) is 3.16. The number of benzene rings is 1. The van der Waals surface area contributed by atoms with Crippen LogP contribution in [-0.2, 0) is 4.79 Å². The van der Waals surface area contributed by atoms with Crippen molar-refractivity contribution in [2.24, 2.45) is 11.1 Å². The average molecular weight is 248 g/mol. The predicted octanol–water partition coefficient (Wildman–Crippen LogP) is 1.31. The first-order valence-electron chi connectivity index (χ1n) is 6.39. The molecule has 4 nitrogen and oxygen atoms in total. The molecule has 0 spiro atoms. The summed E-state index contributed by atoms with van der Waals surface area (Å²) in [6.45, 7) is 1.49. The van der Waals surface area contributed by atoms with Crippen LogP contribution in [0, 0.1) is 5.41 Å². The lowest BCUT2D eigenvalue weighted by molar-refractivity contribution is -0.123. The molecule has 0 heterocycles. The van der Waals surface area contributed by atoms with Crippen molar-refractivity contribution in [1.29, 1.82) is 0 Å². The van der Waals surface area contributed by atoms with Crippen LogP contribution in [0.2, 0.25) is 0 Å². The molecule has 1 fully saturated rings. The van der Waals surface area contributed by atoms with E-state index in [-0.39, 0.29) is 17.9 Å². The van der Waals surface area contributed by atoms with E-state index in [1.807, 2.05) is 30.3 Å². The first kappa shape index (κ1) is 12.9. The monoisotopic (exact) mass is 248 g/mol. The Kier molecular flexibility index (Phi) is 4.20. The quantitative estimate of drug-likeness (QED) is 0.764. The predicted molar refractivity (Wildman–Crippen MR) is 70.3 cm³/mol. The molecular weight excluding hydrogens is 228 g/mol. The van der Waals surface area contributed by atoms with Crippen molar-refractivity contribution >= 4 is 5.91 Å². The molecule has 1 aromatic carbocycles. The molecule has 0 aromatic heterocycles. The third-order valence-corrected chi connectivity index (χ3v) is 3.41. The molecule has 0 saturated heterocycles. The largest absolute Gasteiger partial charge is 0.484 e. The van der Waals surface area contributed by atoms with E-state index in [0.717, 1.165) is 18.7 Å². The normalized spacial score (nSPS) is 16.1. The number of carbonyl (C=O) groups excluding carboxylic acids is 1. The molecule has 0 atom stereocenters. The Balaban J connectivity index is 1.67. The van der Waals surface area contributed by atoms with Gasteiger partial charge in [-0.2, -0.15) is 0 Å². The van der Waals surface area contributed by atoms with Gasteiger partial charge in [-0.1, -0.05) is 18.2 Å². The number of hydrogen-bond donors (Lipinski definition) is 2. The van der Waals surface area contributed by atoms with Crippen molar-refractivity contribution in [3.05, 3.63) is 30.3 Å². The Morgan fingerprint density at radius 1 is 1.33 bits per heavy atom. The number of rotatable bonds is 7. The summed E-state index contributed by atoms with van der Waals surface area (Å²) in [6.07, 6.45) is 3.33. The maximum absolute atomic E-state index is 11.6. The Hall–Kier alpha value is -1.55. The lowest BCUT2D eigenvalue weighted by Gasteiger charge is -2.14. The van der Waals surface area contributed by atoms with Gasteiger partial charge in [0, 0.05) is 6.54 Å². The fourth-order valence-corrected chi connectivity index (χ4v) is 2.00. The first-order chi connectivity index (χ1) is 8.74. The lowest BCUT2D eigenvalue weighted by Crippen LogP contribution is -2.34. The second-order valence-electron chi connectivity index (χ2n) is 4.92. The standard InChI is InChI=1S/C14H20N2O2/c15-9-8-14(6-7-14)11-16-13(17)10-18-12-4-2-1-3-5-12/h1-5H,6-11,15H2,(H,16,17). The van der Waals surface area contributed by atoms with Crippen LogP contribution in [0.15, 0.2) is 30.3 Å². The van der Waals surface area contributed by atoms with Gasteiger partial charge < -0.3 is 15.8 Å². The Morgan fingerprint density at radius 2 is 2.06 bits per heavy atom. The van der Waals surface area contributed by atoms with E-state index in [2.05, 4.69) is 5.32 Å². The molecule has 18 heavy (non-hydrogen) atoms. The van der Waals surface area contributed by atoms with Crippen molar-refractivity contribution in [2.75, 3.05) is 19.7 Å². The molecule has 0 aliphatic heterocycles. The van der Waals surface area contributed by atoms with Crippen molar-refractivity contribution in [3.8, 4) is 5.75 Å². The number of carbonyl (C=O) groups is 1. The number of nitrogens with one attached hydrogen (secondary N) is 1. The van der Waals surface area contributed by atoms with Crippen molar-refractivity contribution in [1.82, 2.24) is 5.32 Å². The zero-order chi connectivity index (χ0) is 12.8. The van der Waals surface area contributed by atoms with E-state index in [9.17, 15) is 4.79 Å². The molecule has 1 amide bonds. The van der Waals surface area contributed by atoms with Gasteiger partial charge in [-0.3, -0.25) is 4.79 Å². The van der Waals surface area contributed by atoms with Gasteiger partial charge >= 0.3 is 0 Å². The van der Waals surface area contributed by atoms with Crippen LogP contribution in [0.25, 0.3) is 0 Å². The van der Waals surface area contributed by atoms with E-state index in [4.69, 9.17) is 10.5 Å². The highest BCUT2D eigenvalue weighted by molar-refractivity contribution is 5.77. The molecule has 4 heteroatoms. The first-order valence-corrected chi connectivity index (χ1v) is 6.39. The van der Waals surface area contributed by atoms with Crippen molar-refractivity contribution < 1.29 is 9.53 Å². The summed E-state index contributed by atoms with van der Waals surface area (Å²) in [5.74, 6) is 0.651. The zero-order valence-corrected chi connectivity index (χ0v) is 10.5. The van der Waals surface area contributed by atoms with Gasteiger partial charge in [0.05, 0.1) is 0 Å². The van der Waals surface area contributed by atoms with Gasteiger partial charge in [0.2, 0.25) is 0 Å². The fourth-order valence-electron chi connectivity index (χ4n) is 2.00. The number of ether oxygens (including phenoxy) is 1. The molecule has 2 rings (SSSR count). The number of para-hydroxylation sites is 1. The van der Waals surface area contributed by atoms with Crippen LogP contribution in [0.1, 0.15) is 19.3 Å². The number of hydrogen-bond acceptors (Lipinski definition) is 3. The van der Waals surface area contributed by atoms with E-state index in [0.29, 0.717) is 6.54 Å². The molecule has 98 valence electrons. The maximum Gasteiger partial charge on any atom is 0.257 e. The molecule has 1 aliphatic carbocycles. The Labute approximate surface area is 108 Å². The van der Waals surface area contributed by atoms with Gasteiger partial charge in [-0.25, -0.2) is 0 Å². The summed E-state index contributed by atoms with van der Waals surface area (Å²) in [4.78, 5) is 11.6. The molecule has 1 saturated carbocycles. The van der Waals surface area contributed by atoms with Gasteiger partial charge in [0.1, 0.15) is 5.75 Å². The molecule has 0 unspecified atom stereocenters. The maximum atomic E-state index is 11.6. The highest BCUT2D eigenvalue weighted by Gasteiger charge is 2.41. The summed E-state index contributed by atoms with van der Waals surface area (Å²) in [5, 5.41) is 2.92. The SMILES string of the molecule is NCCC1(CNC(=O)COc2ccccc2)CC1. The van der Waals surface area contributed by atoms with Crippen molar-refractivity contribution in [2.45, 2.75) is 19.3 Å². The van der Waals surface area contributed by atoms with Crippen LogP contribution >= 0.6 is 0 Å². The third-order valence-electron chi connectivity index (χ3n) is 3.41. The molecule has 0 bridgehead atoms. The smallest absolute Gasteiger partial charge is 0.257 e. The van der Waals surface area contributed by atoms with Crippen LogP contribution in [0.3, 0.4) is 0 Å². The lowest BCUT2D eigenvalue weighted by atomic mass is 10.0. The van der Waals surface area contributed by atoms with E-state index in [1.54, 1.807) is 0 Å². The minimum atomic E-state index is -0.0675. The summed E-state index contributed by atoms with van der Waals surface area (Å²) in [7, 11) is 0. The molecule has 1 aliphatic rings. The number of amides is 1. The Morgan fingerprint density at radius 3 is 2.67 bits per heavy atom. The van der Waals surface area contributed by atoms with Gasteiger partial charge in [-0.15, -0.1) is 0 Å². The van der Waals surface area contributed by atoms with Crippen molar-refractivity contribution in [3.63, 3.8) is 0 Å². The third kappa shape index (κ3) is 3.74. The Bertz CT molecular complexity index is 388. The molecule has 3 N–H and O–H groups in total. The van der Waals surface area contributed by atoms with E-state index >= 15 is 0 Å². The molecule has 0 radical (unpaired) electrons. The summed E-state index contributed by atoms with van der Waals surface area (Å²) >= 11 is 0. The summed E-state index contributed by atoms with van der Waals surface area (Å²) < 4.78 is 5.38. The van der Waals surface area contributed by atoms with Crippen LogP contribution < -0.4 is 15.8 Å². The van der Waals surface area contributed by atoms with Crippen LogP contribution in [0.4, 0.5) is 0 Å². The van der Waals surface area contributed by atoms with E-state index in [1.165, 1.54) is 12.8 Å². The molecule has 1 aromatic rings. The molecular formula is C14H20N2O2. The highest BCUT2D eigenvalue weighted by Crippen LogP contribution is 2.47. The van der Waals surface area contributed by atoms with Crippen LogP contribution in [-0.4, -0.2) is 25.6 Å². The topological polar surface area (TPSA) is 64.3 Å². The van der Waals surface area contributed by atoms with Crippen LogP contribution in [0.5, 0.6) is 5.75 Å². The minimum Gasteiger partial charge on any atom is -0.484 e. The summed E-state index contributed by atoms with van der Waals surface area (Å²) in [6, 6.07) is 9.35. The number of nitrogens with two attached hydrogens (primary N) is 1. The zero-order valence-electron chi connectivity index (χ0n) is 10.5. The second kappa shape index (κ2) is 5.87. The van der Waals surface area contributed by atoms with E-state index < -0.39 is 0 Å². The minimum absolute atomic E-state index is 0.0675. The highest BCUT2D eigenvalue weighted by atomic mass is 16.5. The fraction of sp³-hybridized carbons (Fsp3) is 0.500. The summed E-state index contributed by atoms with van der Waals surface area (Å²) in [5.41, 5.74) is 5.83. The van der Waals surface area contributed by atoms with Gasteiger partial charge in [0.15, 0.2) is 6.61 Å².